The van der Waals surface area contributed by atoms with Gasteiger partial charge in [0.15, 0.2) is 0 Å². The number of piperidine rings is 1. The Bertz CT molecular complexity index is 1300. The summed E-state index contributed by atoms with van der Waals surface area (Å²) in [4.78, 5) is 19.5. The summed E-state index contributed by atoms with van der Waals surface area (Å²) in [5.41, 5.74) is 1.70. The fraction of sp³-hybridized carbons (Fsp3) is 0.296. The Morgan fingerprint density at radius 2 is 2.00 bits per heavy atom. The molecule has 34 heavy (non-hydrogen) atoms. The van der Waals surface area contributed by atoms with Crippen LogP contribution in [0.5, 0.6) is 0 Å². The predicted octanol–water partition coefficient (Wildman–Crippen LogP) is 5.09. The summed E-state index contributed by atoms with van der Waals surface area (Å²) in [6.45, 7) is 3.85. The molecule has 6 nitrogen and oxygen atoms in total. The van der Waals surface area contributed by atoms with Gasteiger partial charge in [-0.2, -0.15) is 4.98 Å². The van der Waals surface area contributed by atoms with Gasteiger partial charge in [0, 0.05) is 12.1 Å². The minimum atomic E-state index is -0.337. The van der Waals surface area contributed by atoms with Gasteiger partial charge in [-0.15, -0.1) is 0 Å². The smallest absolute Gasteiger partial charge is 0.234 e. The van der Waals surface area contributed by atoms with Crippen LogP contribution in [0.4, 0.5) is 4.39 Å². The molecule has 174 valence electrons. The second-order valence-electron chi connectivity index (χ2n) is 8.90. The Hall–Kier alpha value is -3.58. The molecule has 3 aromatic carbocycles. The maximum atomic E-state index is 13.5. The molecule has 2 atom stereocenters. The van der Waals surface area contributed by atoms with Crippen molar-refractivity contribution >= 4 is 16.7 Å². The van der Waals surface area contributed by atoms with Gasteiger partial charge < -0.3 is 9.84 Å². The fourth-order valence-corrected chi connectivity index (χ4v) is 4.74. The van der Waals surface area contributed by atoms with Gasteiger partial charge in [0.05, 0.1) is 18.5 Å². The van der Waals surface area contributed by atoms with Gasteiger partial charge in [0.2, 0.25) is 17.6 Å². The maximum absolute atomic E-state index is 13.5. The van der Waals surface area contributed by atoms with E-state index in [0.717, 1.165) is 35.7 Å². The number of fused-ring (bicyclic) bond motifs is 1. The molecule has 1 aromatic heterocycles. The highest BCUT2D eigenvalue weighted by molar-refractivity contribution is 5.87. The van der Waals surface area contributed by atoms with Gasteiger partial charge >= 0.3 is 0 Å². The summed E-state index contributed by atoms with van der Waals surface area (Å²) < 4.78 is 19.0. The molecular formula is C27H27FN4O2. The van der Waals surface area contributed by atoms with Crippen molar-refractivity contribution in [2.45, 2.75) is 31.7 Å². The van der Waals surface area contributed by atoms with E-state index in [9.17, 15) is 9.18 Å². The molecule has 1 fully saturated rings. The summed E-state index contributed by atoms with van der Waals surface area (Å²) in [5.74, 6) is 0.622. The van der Waals surface area contributed by atoms with Crippen LogP contribution in [0, 0.1) is 5.82 Å². The van der Waals surface area contributed by atoms with E-state index in [2.05, 4.69) is 44.6 Å². The Morgan fingerprint density at radius 1 is 1.18 bits per heavy atom. The molecule has 5 rings (SSSR count). The third-order valence-electron chi connectivity index (χ3n) is 6.41. The lowest BCUT2D eigenvalue weighted by atomic mass is 9.97. The van der Waals surface area contributed by atoms with E-state index >= 15 is 0 Å². The first-order valence-corrected chi connectivity index (χ1v) is 11.7. The number of benzene rings is 3. The number of nitrogens with zero attached hydrogens (tertiary/aromatic N) is 3. The first kappa shape index (κ1) is 22.2. The zero-order valence-corrected chi connectivity index (χ0v) is 19.1. The normalized spacial score (nSPS) is 17.5. The molecule has 4 aromatic rings. The molecule has 1 amide bonds. The van der Waals surface area contributed by atoms with Gasteiger partial charge in [-0.05, 0) is 54.8 Å². The molecule has 0 bridgehead atoms. The number of hydrogen-bond acceptors (Lipinski definition) is 5. The Kier molecular flexibility index (Phi) is 6.36. The zero-order valence-electron chi connectivity index (χ0n) is 19.1. The summed E-state index contributed by atoms with van der Waals surface area (Å²) in [6, 6.07) is 20.4. The monoisotopic (exact) mass is 458 g/mol. The Labute approximate surface area is 197 Å². The maximum Gasteiger partial charge on any atom is 0.234 e. The number of nitrogens with one attached hydrogen (secondary N) is 1. The molecule has 1 aliphatic heterocycles. The number of carbonyl (C=O) groups is 1. The number of hydrogen-bond donors (Lipinski definition) is 1. The average molecular weight is 459 g/mol. The van der Waals surface area contributed by atoms with Crippen molar-refractivity contribution in [3.05, 3.63) is 84.0 Å². The molecule has 0 saturated carbocycles. The minimum Gasteiger partial charge on any atom is -0.348 e. The van der Waals surface area contributed by atoms with Gasteiger partial charge in [-0.1, -0.05) is 59.8 Å². The van der Waals surface area contributed by atoms with E-state index < -0.39 is 0 Å². The first-order valence-electron chi connectivity index (χ1n) is 11.7. The Balaban J connectivity index is 1.21. The molecule has 1 saturated heterocycles. The number of likely N-dealkylation sites (tertiary alicyclic amines) is 1. The van der Waals surface area contributed by atoms with Gasteiger partial charge in [0.25, 0.3) is 0 Å². The van der Waals surface area contributed by atoms with Crippen LogP contribution in [0.15, 0.2) is 71.3 Å². The quantitative estimate of drug-likeness (QED) is 0.436. The number of amides is 1. The Morgan fingerprint density at radius 3 is 2.88 bits per heavy atom. The van der Waals surface area contributed by atoms with E-state index in [1.807, 2.05) is 25.1 Å². The number of aromatic nitrogens is 2. The van der Waals surface area contributed by atoms with Gasteiger partial charge in [0.1, 0.15) is 5.82 Å². The zero-order chi connectivity index (χ0) is 23.5. The van der Waals surface area contributed by atoms with Crippen LogP contribution >= 0.6 is 0 Å². The van der Waals surface area contributed by atoms with E-state index in [-0.39, 0.29) is 23.7 Å². The minimum absolute atomic E-state index is 0.00735. The van der Waals surface area contributed by atoms with Crippen molar-refractivity contribution < 1.29 is 13.7 Å². The van der Waals surface area contributed by atoms with Crippen LogP contribution in [0.1, 0.15) is 43.2 Å². The molecule has 2 heterocycles. The molecule has 7 heteroatoms. The topological polar surface area (TPSA) is 71.3 Å². The molecular weight excluding hydrogens is 431 g/mol. The van der Waals surface area contributed by atoms with Gasteiger partial charge in [-0.3, -0.25) is 9.69 Å². The van der Waals surface area contributed by atoms with Crippen molar-refractivity contribution in [1.29, 1.82) is 0 Å². The summed E-state index contributed by atoms with van der Waals surface area (Å²) in [5, 5.41) is 9.51. The highest BCUT2D eigenvalue weighted by Gasteiger charge is 2.27. The summed E-state index contributed by atoms with van der Waals surface area (Å²) >= 11 is 0. The lowest BCUT2D eigenvalue weighted by Gasteiger charge is -2.30. The standard InChI is InChI=1S/C27H27FN4O2/c1-18(23-13-5-8-19-7-2-3-12-24(19)23)29-25(33)17-32-14-6-10-21(16-32)27-30-26(31-34-27)20-9-4-11-22(28)15-20/h2-5,7-9,11-13,15,18,21H,6,10,14,16-17H2,1H3,(H,29,33). The molecule has 2 unspecified atom stereocenters. The van der Waals surface area contributed by atoms with Crippen molar-refractivity contribution in [2.24, 2.45) is 0 Å². The van der Waals surface area contributed by atoms with Crippen LogP contribution in [-0.2, 0) is 4.79 Å². The third kappa shape index (κ3) is 4.84. The van der Waals surface area contributed by atoms with E-state index in [1.54, 1.807) is 12.1 Å². The van der Waals surface area contributed by atoms with E-state index in [4.69, 9.17) is 4.52 Å². The van der Waals surface area contributed by atoms with Crippen molar-refractivity contribution in [3.63, 3.8) is 0 Å². The predicted molar refractivity (Wildman–Crippen MR) is 129 cm³/mol. The second kappa shape index (κ2) is 9.73. The van der Waals surface area contributed by atoms with Crippen molar-refractivity contribution in [1.82, 2.24) is 20.4 Å². The van der Waals surface area contributed by atoms with E-state index in [1.165, 1.54) is 12.1 Å². The van der Waals surface area contributed by atoms with E-state index in [0.29, 0.717) is 30.4 Å². The average Bonchev–Trinajstić information content (AvgIpc) is 3.34. The van der Waals surface area contributed by atoms with Crippen molar-refractivity contribution in [2.75, 3.05) is 19.6 Å². The molecule has 1 aliphatic rings. The second-order valence-corrected chi connectivity index (χ2v) is 8.90. The lowest BCUT2D eigenvalue weighted by Crippen LogP contribution is -2.42. The van der Waals surface area contributed by atoms with Crippen LogP contribution in [0.2, 0.25) is 0 Å². The largest absolute Gasteiger partial charge is 0.348 e. The molecule has 0 spiro atoms. The highest BCUT2D eigenvalue weighted by atomic mass is 19.1. The molecule has 1 N–H and O–H groups in total. The third-order valence-corrected chi connectivity index (χ3v) is 6.41. The highest BCUT2D eigenvalue weighted by Crippen LogP contribution is 2.28. The fourth-order valence-electron chi connectivity index (χ4n) is 4.74. The van der Waals surface area contributed by atoms with Crippen LogP contribution in [-0.4, -0.2) is 40.6 Å². The number of rotatable bonds is 6. The SMILES string of the molecule is CC(NC(=O)CN1CCCC(c2nc(-c3cccc(F)c3)no2)C1)c1cccc2ccccc12. The number of halogens is 1. The lowest BCUT2D eigenvalue weighted by molar-refractivity contribution is -0.123. The van der Waals surface area contributed by atoms with Gasteiger partial charge in [-0.25, -0.2) is 4.39 Å². The molecule has 0 aliphatic carbocycles. The summed E-state index contributed by atoms with van der Waals surface area (Å²) in [6.07, 6.45) is 1.85. The number of carbonyl (C=O) groups excluding carboxylic acids is 1. The van der Waals surface area contributed by atoms with Crippen LogP contribution in [0.3, 0.4) is 0 Å². The van der Waals surface area contributed by atoms with Crippen molar-refractivity contribution in [3.8, 4) is 11.4 Å². The summed E-state index contributed by atoms with van der Waals surface area (Å²) in [7, 11) is 0. The first-order chi connectivity index (χ1) is 16.6. The van der Waals surface area contributed by atoms with Crippen LogP contribution < -0.4 is 5.32 Å². The van der Waals surface area contributed by atoms with Crippen LogP contribution in [0.25, 0.3) is 22.2 Å². The molecule has 0 radical (unpaired) electrons.